The Balaban J connectivity index is 1.25. The molecule has 0 saturated heterocycles. The molecule has 0 saturated carbocycles. The monoisotopic (exact) mass is 597 g/mol. The lowest BCUT2D eigenvalue weighted by Gasteiger charge is -2.28. The van der Waals surface area contributed by atoms with Gasteiger partial charge in [0, 0.05) is 16.9 Å². The minimum Gasteiger partial charge on any atom is -0.310 e. The SMILES string of the molecule is c1ccc(-c2ccc(N(c3ccc4c(ccc5ccc6ccccc6c54)c3)c3ccccc3-c3ccc4ccccc4c3)cc2)cc1. The molecule has 0 spiro atoms. The third kappa shape index (κ3) is 4.81. The van der Waals surface area contributed by atoms with E-state index < -0.39 is 0 Å². The number of anilines is 3. The number of hydrogen-bond acceptors (Lipinski definition) is 1. The third-order valence-electron chi connectivity index (χ3n) is 9.40. The Morgan fingerprint density at radius 3 is 1.72 bits per heavy atom. The van der Waals surface area contributed by atoms with Crippen molar-refractivity contribution in [2.45, 2.75) is 0 Å². The molecule has 0 heterocycles. The van der Waals surface area contributed by atoms with Crippen LogP contribution in [-0.4, -0.2) is 0 Å². The number of para-hydroxylation sites is 1. The molecule has 9 aromatic carbocycles. The van der Waals surface area contributed by atoms with E-state index in [1.807, 2.05) is 0 Å². The number of nitrogens with zero attached hydrogens (tertiary/aromatic N) is 1. The Morgan fingerprint density at radius 2 is 0.872 bits per heavy atom. The van der Waals surface area contributed by atoms with Crippen LogP contribution in [0.4, 0.5) is 17.1 Å². The molecular weight excluding hydrogens is 567 g/mol. The molecule has 47 heavy (non-hydrogen) atoms. The quantitative estimate of drug-likeness (QED) is 0.178. The summed E-state index contributed by atoms with van der Waals surface area (Å²) in [6.45, 7) is 0. The van der Waals surface area contributed by atoms with Crippen molar-refractivity contribution in [1.82, 2.24) is 0 Å². The summed E-state index contributed by atoms with van der Waals surface area (Å²) in [5.74, 6) is 0. The van der Waals surface area contributed by atoms with Gasteiger partial charge < -0.3 is 4.90 Å². The lowest BCUT2D eigenvalue weighted by atomic mass is 9.95. The summed E-state index contributed by atoms with van der Waals surface area (Å²) in [7, 11) is 0. The maximum atomic E-state index is 2.41. The van der Waals surface area contributed by atoms with Gasteiger partial charge in [-0.25, -0.2) is 0 Å². The lowest BCUT2D eigenvalue weighted by Crippen LogP contribution is -2.11. The molecule has 0 aromatic heterocycles. The normalized spacial score (nSPS) is 11.4. The van der Waals surface area contributed by atoms with Crippen LogP contribution in [-0.2, 0) is 0 Å². The average Bonchev–Trinajstić information content (AvgIpc) is 3.15. The van der Waals surface area contributed by atoms with E-state index in [2.05, 4.69) is 193 Å². The van der Waals surface area contributed by atoms with E-state index in [0.29, 0.717) is 0 Å². The van der Waals surface area contributed by atoms with Crippen LogP contribution in [0.1, 0.15) is 0 Å². The highest BCUT2D eigenvalue weighted by Crippen LogP contribution is 2.43. The summed E-state index contributed by atoms with van der Waals surface area (Å²) >= 11 is 0. The van der Waals surface area contributed by atoms with E-state index in [9.17, 15) is 0 Å². The molecule has 0 atom stereocenters. The smallest absolute Gasteiger partial charge is 0.0540 e. The van der Waals surface area contributed by atoms with Gasteiger partial charge in [-0.15, -0.1) is 0 Å². The van der Waals surface area contributed by atoms with E-state index in [-0.39, 0.29) is 0 Å². The van der Waals surface area contributed by atoms with Crippen LogP contribution in [0.15, 0.2) is 188 Å². The molecule has 0 radical (unpaired) electrons. The highest BCUT2D eigenvalue weighted by atomic mass is 15.1. The zero-order valence-electron chi connectivity index (χ0n) is 25.8. The van der Waals surface area contributed by atoms with Gasteiger partial charge in [0.15, 0.2) is 0 Å². The van der Waals surface area contributed by atoms with Crippen LogP contribution in [0.3, 0.4) is 0 Å². The zero-order valence-corrected chi connectivity index (χ0v) is 25.8. The van der Waals surface area contributed by atoms with Gasteiger partial charge in [0.25, 0.3) is 0 Å². The van der Waals surface area contributed by atoms with E-state index in [0.717, 1.165) is 17.1 Å². The molecule has 9 rings (SSSR count). The molecule has 9 aromatic rings. The highest BCUT2D eigenvalue weighted by Gasteiger charge is 2.18. The topological polar surface area (TPSA) is 3.24 Å². The van der Waals surface area contributed by atoms with Gasteiger partial charge in [0.1, 0.15) is 0 Å². The van der Waals surface area contributed by atoms with Gasteiger partial charge in [-0.3, -0.25) is 0 Å². The lowest BCUT2D eigenvalue weighted by molar-refractivity contribution is 1.29. The summed E-state index contributed by atoms with van der Waals surface area (Å²) in [5.41, 5.74) is 8.18. The number of hydrogen-bond donors (Lipinski definition) is 0. The molecule has 0 unspecified atom stereocenters. The van der Waals surface area contributed by atoms with E-state index >= 15 is 0 Å². The van der Waals surface area contributed by atoms with Crippen LogP contribution in [0, 0.1) is 0 Å². The Kier molecular flexibility index (Phi) is 6.54. The molecule has 0 aliphatic heterocycles. The van der Waals surface area contributed by atoms with Crippen LogP contribution in [0.25, 0.3) is 65.3 Å². The van der Waals surface area contributed by atoms with Crippen LogP contribution < -0.4 is 4.90 Å². The minimum absolute atomic E-state index is 1.11. The maximum absolute atomic E-state index is 2.41. The van der Waals surface area contributed by atoms with Gasteiger partial charge in [0.05, 0.1) is 5.69 Å². The second kappa shape index (κ2) is 11.3. The summed E-state index contributed by atoms with van der Waals surface area (Å²) in [4.78, 5) is 2.41. The number of fused-ring (bicyclic) bond motifs is 6. The molecular formula is C46H31N. The van der Waals surface area contributed by atoms with E-state index in [1.54, 1.807) is 0 Å². The zero-order chi connectivity index (χ0) is 31.2. The second-order valence-electron chi connectivity index (χ2n) is 12.2. The summed E-state index contributed by atoms with van der Waals surface area (Å²) in [6, 6.07) is 68.3. The fourth-order valence-electron chi connectivity index (χ4n) is 7.09. The molecule has 0 bridgehead atoms. The highest BCUT2D eigenvalue weighted by molar-refractivity contribution is 6.20. The van der Waals surface area contributed by atoms with Gasteiger partial charge in [-0.1, -0.05) is 152 Å². The van der Waals surface area contributed by atoms with Crippen molar-refractivity contribution in [3.05, 3.63) is 188 Å². The summed E-state index contributed by atoms with van der Waals surface area (Å²) < 4.78 is 0. The first-order valence-electron chi connectivity index (χ1n) is 16.2. The van der Waals surface area contributed by atoms with Crippen molar-refractivity contribution in [2.24, 2.45) is 0 Å². The number of benzene rings is 9. The Morgan fingerprint density at radius 1 is 0.298 bits per heavy atom. The van der Waals surface area contributed by atoms with Gasteiger partial charge in [-0.2, -0.15) is 0 Å². The summed E-state index contributed by atoms with van der Waals surface area (Å²) in [6.07, 6.45) is 0. The fraction of sp³-hybridized carbons (Fsp3) is 0. The Bertz CT molecular complexity index is 2560. The van der Waals surface area contributed by atoms with Gasteiger partial charge in [-0.05, 0) is 96.2 Å². The second-order valence-corrected chi connectivity index (χ2v) is 12.2. The molecule has 0 N–H and O–H groups in total. The maximum Gasteiger partial charge on any atom is 0.0540 e. The van der Waals surface area contributed by atoms with Crippen LogP contribution in [0.5, 0.6) is 0 Å². The molecule has 0 aliphatic carbocycles. The first kappa shape index (κ1) is 27.2. The van der Waals surface area contributed by atoms with Crippen molar-refractivity contribution < 1.29 is 0 Å². The molecule has 220 valence electrons. The van der Waals surface area contributed by atoms with Crippen molar-refractivity contribution in [3.8, 4) is 22.3 Å². The molecule has 1 heteroatoms. The molecule has 1 nitrogen and oxygen atoms in total. The molecule has 0 amide bonds. The Hall–Kier alpha value is -6.18. The first-order valence-corrected chi connectivity index (χ1v) is 16.2. The average molecular weight is 598 g/mol. The van der Waals surface area contributed by atoms with Crippen molar-refractivity contribution in [1.29, 1.82) is 0 Å². The Labute approximate surface area is 274 Å². The minimum atomic E-state index is 1.11. The fourth-order valence-corrected chi connectivity index (χ4v) is 7.09. The van der Waals surface area contributed by atoms with E-state index in [1.165, 1.54) is 65.3 Å². The van der Waals surface area contributed by atoms with Gasteiger partial charge >= 0.3 is 0 Å². The number of rotatable bonds is 5. The van der Waals surface area contributed by atoms with Crippen LogP contribution in [0.2, 0.25) is 0 Å². The standard InChI is InChI=1S/C46H31N/c1-2-10-32(11-3-1)34-24-26-40(27-25-34)47(45-17-9-8-15-42(45)38-22-18-33-12-4-5-14-37(33)30-38)41-28-29-44-39(31-41)23-21-36-20-19-35-13-6-7-16-43(35)46(36)44/h1-31H. The summed E-state index contributed by atoms with van der Waals surface area (Å²) in [5, 5.41) is 10.1. The van der Waals surface area contributed by atoms with Gasteiger partial charge in [0.2, 0.25) is 0 Å². The van der Waals surface area contributed by atoms with Crippen molar-refractivity contribution in [2.75, 3.05) is 4.90 Å². The largest absolute Gasteiger partial charge is 0.310 e. The predicted molar refractivity (Wildman–Crippen MR) is 202 cm³/mol. The van der Waals surface area contributed by atoms with Crippen LogP contribution >= 0.6 is 0 Å². The predicted octanol–water partition coefficient (Wildman–Crippen LogP) is 13.1. The van der Waals surface area contributed by atoms with Crippen molar-refractivity contribution in [3.63, 3.8) is 0 Å². The van der Waals surface area contributed by atoms with E-state index in [4.69, 9.17) is 0 Å². The third-order valence-corrected chi connectivity index (χ3v) is 9.40. The molecule has 0 fully saturated rings. The first-order chi connectivity index (χ1) is 23.3. The molecule has 0 aliphatic rings. The van der Waals surface area contributed by atoms with Crippen molar-refractivity contribution >= 4 is 60.2 Å².